The molecule has 38 heavy (non-hydrogen) atoms. The fourth-order valence-corrected chi connectivity index (χ4v) is 5.81. The van der Waals surface area contributed by atoms with Crippen LogP contribution in [0.1, 0.15) is 48.0 Å². The van der Waals surface area contributed by atoms with Crippen molar-refractivity contribution in [3.05, 3.63) is 76.9 Å². The zero-order valence-electron chi connectivity index (χ0n) is 20.3. The van der Waals surface area contributed by atoms with Gasteiger partial charge < -0.3 is 10.1 Å². The number of ether oxygens (including phenoxy) is 1. The summed E-state index contributed by atoms with van der Waals surface area (Å²) in [4.78, 5) is 17.2. The van der Waals surface area contributed by atoms with E-state index in [9.17, 15) is 18.0 Å². The third kappa shape index (κ3) is 4.82. The normalized spacial score (nSPS) is 16.7. The van der Waals surface area contributed by atoms with Gasteiger partial charge in [0, 0.05) is 23.1 Å². The summed E-state index contributed by atoms with van der Waals surface area (Å²) in [6.07, 6.45) is 2.75. The van der Waals surface area contributed by atoms with Gasteiger partial charge >= 0.3 is 6.36 Å². The standard InChI is InChI=1S/C28H24ClF3N4O2/c29-22-10-9-20(26(37)34-19-13-27(14-19)11-2-12-27)25-21(22)15-33-36(25)16-17-5-7-18(8-6-17)23-3-1-4-24(35-23)38-28(30,31)32/h1,3-10,15,19H,2,11-14,16H2,(H,34,37). The molecule has 0 radical (unpaired) electrons. The molecule has 0 unspecified atom stereocenters. The van der Waals surface area contributed by atoms with Crippen LogP contribution in [0.2, 0.25) is 5.02 Å². The van der Waals surface area contributed by atoms with Crippen molar-refractivity contribution in [2.75, 3.05) is 0 Å². The molecule has 2 aromatic heterocycles. The summed E-state index contributed by atoms with van der Waals surface area (Å²) in [5, 5.41) is 8.89. The van der Waals surface area contributed by atoms with Gasteiger partial charge in [-0.05, 0) is 54.9 Å². The molecule has 0 atom stereocenters. The average Bonchev–Trinajstić information content (AvgIpc) is 3.24. The van der Waals surface area contributed by atoms with Crippen molar-refractivity contribution >= 4 is 28.4 Å². The summed E-state index contributed by atoms with van der Waals surface area (Å²) in [5.41, 5.74) is 3.53. The zero-order chi connectivity index (χ0) is 26.5. The second-order valence-electron chi connectivity index (χ2n) is 10.2. The second kappa shape index (κ2) is 9.31. The lowest BCUT2D eigenvalue weighted by Crippen LogP contribution is -2.53. The minimum absolute atomic E-state index is 0.130. The van der Waals surface area contributed by atoms with Crippen LogP contribution in [0.15, 0.2) is 60.8 Å². The van der Waals surface area contributed by atoms with E-state index in [1.165, 1.54) is 25.3 Å². The first-order valence-corrected chi connectivity index (χ1v) is 12.8. The largest absolute Gasteiger partial charge is 0.574 e. The van der Waals surface area contributed by atoms with Crippen LogP contribution >= 0.6 is 11.6 Å². The van der Waals surface area contributed by atoms with Crippen molar-refractivity contribution in [3.8, 4) is 17.1 Å². The number of alkyl halides is 3. The van der Waals surface area contributed by atoms with Crippen molar-refractivity contribution in [1.29, 1.82) is 0 Å². The Labute approximate surface area is 221 Å². The number of hydrogen-bond donors (Lipinski definition) is 1. The lowest BCUT2D eigenvalue weighted by molar-refractivity contribution is -0.276. The molecular weight excluding hydrogens is 517 g/mol. The predicted octanol–water partition coefficient (Wildman–Crippen LogP) is 6.76. The van der Waals surface area contributed by atoms with Crippen molar-refractivity contribution in [2.45, 2.75) is 51.1 Å². The van der Waals surface area contributed by atoms with Crippen LogP contribution in [-0.4, -0.2) is 33.1 Å². The van der Waals surface area contributed by atoms with Crippen LogP contribution in [0.4, 0.5) is 13.2 Å². The first-order valence-electron chi connectivity index (χ1n) is 12.5. The third-order valence-corrected chi connectivity index (χ3v) is 7.96. The Morgan fingerprint density at radius 1 is 1.11 bits per heavy atom. The zero-order valence-corrected chi connectivity index (χ0v) is 21.0. The number of pyridine rings is 1. The lowest BCUT2D eigenvalue weighted by atomic mass is 9.54. The number of amides is 1. The predicted molar refractivity (Wildman–Crippen MR) is 137 cm³/mol. The molecule has 6 rings (SSSR count). The summed E-state index contributed by atoms with van der Waals surface area (Å²) in [5.74, 6) is -0.649. The van der Waals surface area contributed by atoms with E-state index in [2.05, 4.69) is 20.1 Å². The van der Waals surface area contributed by atoms with E-state index in [0.717, 1.165) is 24.5 Å². The Morgan fingerprint density at radius 3 is 2.55 bits per heavy atom. The molecular formula is C28H24ClF3N4O2. The van der Waals surface area contributed by atoms with E-state index in [1.807, 2.05) is 12.1 Å². The average molecular weight is 541 g/mol. The molecule has 0 saturated heterocycles. The van der Waals surface area contributed by atoms with Gasteiger partial charge in [-0.25, -0.2) is 4.98 Å². The van der Waals surface area contributed by atoms with Gasteiger partial charge in [0.05, 0.1) is 34.5 Å². The quantitative estimate of drug-likeness (QED) is 0.293. The number of hydrogen-bond acceptors (Lipinski definition) is 4. The number of fused-ring (bicyclic) bond motifs is 1. The third-order valence-electron chi connectivity index (χ3n) is 7.63. The van der Waals surface area contributed by atoms with E-state index >= 15 is 0 Å². The Balaban J connectivity index is 1.21. The molecule has 1 spiro atoms. The highest BCUT2D eigenvalue weighted by Gasteiger charge is 2.48. The van der Waals surface area contributed by atoms with Gasteiger partial charge in [-0.2, -0.15) is 5.10 Å². The molecule has 2 fully saturated rings. The van der Waals surface area contributed by atoms with E-state index in [4.69, 9.17) is 11.6 Å². The number of rotatable bonds is 6. The molecule has 1 N–H and O–H groups in total. The van der Waals surface area contributed by atoms with Crippen LogP contribution in [0.25, 0.3) is 22.2 Å². The summed E-state index contributed by atoms with van der Waals surface area (Å²) in [7, 11) is 0. The number of nitrogens with zero attached hydrogens (tertiary/aromatic N) is 3. The molecule has 2 heterocycles. The summed E-state index contributed by atoms with van der Waals surface area (Å²) in [6, 6.07) is 15.1. The lowest BCUT2D eigenvalue weighted by Gasteiger charge is -2.54. The Morgan fingerprint density at radius 2 is 1.87 bits per heavy atom. The van der Waals surface area contributed by atoms with Crippen molar-refractivity contribution in [2.24, 2.45) is 5.41 Å². The molecule has 2 saturated carbocycles. The first-order chi connectivity index (χ1) is 18.2. The molecule has 0 aliphatic heterocycles. The van der Waals surface area contributed by atoms with Crippen LogP contribution in [-0.2, 0) is 6.54 Å². The van der Waals surface area contributed by atoms with Gasteiger partial charge in [0.15, 0.2) is 0 Å². The van der Waals surface area contributed by atoms with Crippen molar-refractivity contribution in [3.63, 3.8) is 0 Å². The van der Waals surface area contributed by atoms with Gasteiger partial charge in [-0.15, -0.1) is 13.2 Å². The number of aromatic nitrogens is 3. The molecule has 10 heteroatoms. The van der Waals surface area contributed by atoms with Gasteiger partial charge in [0.2, 0.25) is 5.88 Å². The monoisotopic (exact) mass is 540 g/mol. The Bertz CT molecular complexity index is 1510. The fourth-order valence-electron chi connectivity index (χ4n) is 5.61. The van der Waals surface area contributed by atoms with Gasteiger partial charge in [-0.3, -0.25) is 9.48 Å². The molecule has 2 aromatic carbocycles. The second-order valence-corrected chi connectivity index (χ2v) is 10.6. The number of carbonyl (C=O) groups excluding carboxylic acids is 1. The number of benzene rings is 2. The fraction of sp³-hybridized carbons (Fsp3) is 0.321. The molecule has 196 valence electrons. The highest BCUT2D eigenvalue weighted by atomic mass is 35.5. The number of nitrogens with one attached hydrogen (secondary N) is 1. The number of halogens is 4. The van der Waals surface area contributed by atoms with Crippen LogP contribution in [0.5, 0.6) is 5.88 Å². The van der Waals surface area contributed by atoms with Crippen molar-refractivity contribution < 1.29 is 22.7 Å². The molecule has 6 nitrogen and oxygen atoms in total. The van der Waals surface area contributed by atoms with E-state index in [1.54, 1.807) is 41.2 Å². The highest BCUT2D eigenvalue weighted by molar-refractivity contribution is 6.36. The van der Waals surface area contributed by atoms with E-state index in [0.29, 0.717) is 44.7 Å². The maximum absolute atomic E-state index is 13.2. The van der Waals surface area contributed by atoms with E-state index < -0.39 is 12.2 Å². The SMILES string of the molecule is O=C(NC1CC2(CCC2)C1)c1ccc(Cl)c2cnn(Cc3ccc(-c4cccc(OC(F)(F)F)n4)cc3)c12. The summed E-state index contributed by atoms with van der Waals surface area (Å²) in [6.45, 7) is 0.377. The summed E-state index contributed by atoms with van der Waals surface area (Å²) >= 11 is 6.43. The minimum atomic E-state index is -4.81. The highest BCUT2D eigenvalue weighted by Crippen LogP contribution is 2.55. The van der Waals surface area contributed by atoms with Crippen LogP contribution in [0, 0.1) is 5.41 Å². The molecule has 0 bridgehead atoms. The smallest absolute Gasteiger partial charge is 0.388 e. The van der Waals surface area contributed by atoms with Crippen LogP contribution < -0.4 is 10.1 Å². The van der Waals surface area contributed by atoms with Gasteiger partial charge in [0.25, 0.3) is 5.91 Å². The Hall–Kier alpha value is -3.59. The van der Waals surface area contributed by atoms with Crippen LogP contribution in [0.3, 0.4) is 0 Å². The number of carbonyl (C=O) groups is 1. The molecule has 4 aromatic rings. The summed E-state index contributed by atoms with van der Waals surface area (Å²) < 4.78 is 43.3. The Kier molecular flexibility index (Phi) is 6.06. The molecule has 1 amide bonds. The maximum Gasteiger partial charge on any atom is 0.574 e. The van der Waals surface area contributed by atoms with Crippen molar-refractivity contribution in [1.82, 2.24) is 20.1 Å². The van der Waals surface area contributed by atoms with Gasteiger partial charge in [-0.1, -0.05) is 48.4 Å². The van der Waals surface area contributed by atoms with Gasteiger partial charge in [0.1, 0.15) is 0 Å². The molecule has 2 aliphatic rings. The minimum Gasteiger partial charge on any atom is -0.388 e. The topological polar surface area (TPSA) is 69.0 Å². The maximum atomic E-state index is 13.2. The van der Waals surface area contributed by atoms with E-state index in [-0.39, 0.29) is 11.9 Å². The molecule has 2 aliphatic carbocycles. The first kappa shape index (κ1) is 24.7.